The van der Waals surface area contributed by atoms with E-state index in [1.807, 2.05) is 24.3 Å². The molecule has 0 bridgehead atoms. The first kappa shape index (κ1) is 13.6. The summed E-state index contributed by atoms with van der Waals surface area (Å²) >= 11 is 1.54. The lowest BCUT2D eigenvalue weighted by Gasteiger charge is -2.02. The van der Waals surface area contributed by atoms with E-state index in [1.165, 1.54) is 11.8 Å². The largest absolute Gasteiger partial charge is 0.355 e. The van der Waals surface area contributed by atoms with Gasteiger partial charge in [-0.15, -0.1) is 16.9 Å². The average molecular weight is 302 g/mol. The molecule has 3 rings (SSSR count). The van der Waals surface area contributed by atoms with Gasteiger partial charge in [-0.2, -0.15) is 10.3 Å². The zero-order valence-corrected chi connectivity index (χ0v) is 12.0. The van der Waals surface area contributed by atoms with Gasteiger partial charge in [-0.3, -0.25) is 4.79 Å². The van der Waals surface area contributed by atoms with Crippen LogP contribution in [0.3, 0.4) is 0 Å². The van der Waals surface area contributed by atoms with Crippen molar-refractivity contribution in [2.45, 2.75) is 11.4 Å². The van der Waals surface area contributed by atoms with E-state index in [4.69, 9.17) is 0 Å². The summed E-state index contributed by atoms with van der Waals surface area (Å²) in [5.74, 6) is 1.38. The molecule has 0 radical (unpaired) electrons. The maximum Gasteiger partial charge on any atom is 0.227 e. The monoisotopic (exact) mass is 302 g/mol. The van der Waals surface area contributed by atoms with Gasteiger partial charge in [0.2, 0.25) is 5.91 Å². The lowest BCUT2D eigenvalue weighted by Crippen LogP contribution is -2.27. The molecule has 2 aromatic heterocycles. The van der Waals surface area contributed by atoms with E-state index in [9.17, 15) is 4.79 Å². The van der Waals surface area contributed by atoms with E-state index in [0.717, 1.165) is 21.8 Å². The third kappa shape index (κ3) is 3.60. The van der Waals surface area contributed by atoms with E-state index in [2.05, 4.69) is 30.7 Å². The average Bonchev–Trinajstić information content (AvgIpc) is 3.12. The number of aromatic amines is 2. The number of fused-ring (bicyclic) bond motifs is 1. The van der Waals surface area contributed by atoms with Crippen molar-refractivity contribution in [3.63, 3.8) is 0 Å². The second kappa shape index (κ2) is 6.40. The van der Waals surface area contributed by atoms with E-state index in [0.29, 0.717) is 12.4 Å². The first-order valence-electron chi connectivity index (χ1n) is 6.50. The molecule has 2 heterocycles. The van der Waals surface area contributed by atoms with Crippen LogP contribution in [0.4, 0.5) is 0 Å². The Kier molecular flexibility index (Phi) is 4.15. The molecule has 1 aromatic carbocycles. The Bertz CT molecular complexity index is 690. The summed E-state index contributed by atoms with van der Waals surface area (Å²) in [5.41, 5.74) is 1.82. The van der Waals surface area contributed by atoms with Gasteiger partial charge in [0.1, 0.15) is 10.9 Å². The van der Waals surface area contributed by atoms with Gasteiger partial charge >= 0.3 is 0 Å². The van der Waals surface area contributed by atoms with Gasteiger partial charge in [-0.05, 0) is 12.1 Å². The number of H-pyrrole nitrogens is 2. The molecule has 0 aliphatic heterocycles. The first-order chi connectivity index (χ1) is 10.3. The number of rotatable bonds is 6. The first-order valence-corrected chi connectivity index (χ1v) is 7.49. The summed E-state index contributed by atoms with van der Waals surface area (Å²) in [6.07, 6.45) is 1.91. The van der Waals surface area contributed by atoms with Crippen molar-refractivity contribution in [3.05, 3.63) is 36.3 Å². The molecule has 3 aromatic rings. The van der Waals surface area contributed by atoms with Crippen LogP contribution in [0.1, 0.15) is 5.82 Å². The van der Waals surface area contributed by atoms with Crippen LogP contribution in [0.2, 0.25) is 0 Å². The topological polar surface area (TPSA) is 99.4 Å². The molecular formula is C13H14N6OS. The molecule has 0 aliphatic rings. The third-order valence-corrected chi connectivity index (χ3v) is 3.73. The number of carbonyl (C=O) groups is 1. The number of carbonyl (C=O) groups excluding carboxylic acids is 1. The van der Waals surface area contributed by atoms with Gasteiger partial charge in [0.05, 0.1) is 23.7 Å². The fraction of sp³-hybridized carbons (Fsp3) is 0.231. The minimum Gasteiger partial charge on any atom is -0.355 e. The molecule has 21 heavy (non-hydrogen) atoms. The number of nitrogens with zero attached hydrogens (tertiary/aromatic N) is 3. The smallest absolute Gasteiger partial charge is 0.227 e. The number of aromatic nitrogens is 5. The standard InChI is InChI=1S/C13H14N6OS/c20-12(14-5-6-21-13-8-15-19-18-13)7-11-16-9-3-1-2-4-10(9)17-11/h1-4,8H,5-7H2,(H,14,20)(H,16,17)(H,15,18,19). The van der Waals surface area contributed by atoms with E-state index in [1.54, 1.807) is 6.20 Å². The van der Waals surface area contributed by atoms with Gasteiger partial charge in [0.25, 0.3) is 0 Å². The number of para-hydroxylation sites is 2. The molecule has 0 aliphatic carbocycles. The van der Waals surface area contributed by atoms with Crippen LogP contribution in [0.25, 0.3) is 11.0 Å². The SMILES string of the molecule is O=C(Cc1nc2ccccc2[nH]1)NCCSc1cn[nH]n1. The Morgan fingerprint density at radius 2 is 2.24 bits per heavy atom. The van der Waals surface area contributed by atoms with Crippen LogP contribution in [0, 0.1) is 0 Å². The lowest BCUT2D eigenvalue weighted by atomic mass is 10.3. The van der Waals surface area contributed by atoms with Crippen LogP contribution >= 0.6 is 11.8 Å². The third-order valence-electron chi connectivity index (χ3n) is 2.83. The minimum absolute atomic E-state index is 0.0465. The van der Waals surface area contributed by atoms with E-state index >= 15 is 0 Å². The molecule has 0 saturated heterocycles. The molecule has 0 fully saturated rings. The van der Waals surface area contributed by atoms with Crippen LogP contribution in [0.15, 0.2) is 35.5 Å². The Balaban J connectivity index is 1.45. The summed E-state index contributed by atoms with van der Waals surface area (Å²) in [4.78, 5) is 19.4. The maximum atomic E-state index is 11.8. The molecule has 0 saturated carbocycles. The van der Waals surface area contributed by atoms with Crippen molar-refractivity contribution in [3.8, 4) is 0 Å². The van der Waals surface area contributed by atoms with Gasteiger partial charge in [-0.1, -0.05) is 12.1 Å². The molecule has 0 unspecified atom stereocenters. The van der Waals surface area contributed by atoms with Crippen LogP contribution < -0.4 is 5.32 Å². The highest BCUT2D eigenvalue weighted by molar-refractivity contribution is 7.99. The number of hydrogen-bond acceptors (Lipinski definition) is 5. The molecule has 0 spiro atoms. The molecule has 8 heteroatoms. The van der Waals surface area contributed by atoms with Crippen molar-refractivity contribution in [2.75, 3.05) is 12.3 Å². The molecule has 3 N–H and O–H groups in total. The van der Waals surface area contributed by atoms with Crippen molar-refractivity contribution in [1.82, 2.24) is 30.7 Å². The zero-order valence-electron chi connectivity index (χ0n) is 11.2. The van der Waals surface area contributed by atoms with Gasteiger partial charge < -0.3 is 10.3 Å². The minimum atomic E-state index is -0.0465. The zero-order chi connectivity index (χ0) is 14.5. The quantitative estimate of drug-likeness (QED) is 0.468. The van der Waals surface area contributed by atoms with Crippen molar-refractivity contribution >= 4 is 28.7 Å². The normalized spacial score (nSPS) is 10.9. The molecular weight excluding hydrogens is 288 g/mol. The number of amides is 1. The Morgan fingerprint density at radius 3 is 3.05 bits per heavy atom. The highest BCUT2D eigenvalue weighted by atomic mass is 32.2. The Morgan fingerprint density at radius 1 is 1.33 bits per heavy atom. The predicted molar refractivity (Wildman–Crippen MR) is 79.9 cm³/mol. The predicted octanol–water partition coefficient (Wildman–Crippen LogP) is 1.13. The number of benzene rings is 1. The molecule has 108 valence electrons. The fourth-order valence-corrected chi connectivity index (χ4v) is 2.56. The number of nitrogens with one attached hydrogen (secondary N) is 3. The van der Waals surface area contributed by atoms with E-state index < -0.39 is 0 Å². The summed E-state index contributed by atoms with van der Waals surface area (Å²) in [6, 6.07) is 7.72. The van der Waals surface area contributed by atoms with Gasteiger partial charge in [0, 0.05) is 12.3 Å². The van der Waals surface area contributed by atoms with Gasteiger partial charge in [0.15, 0.2) is 0 Å². The summed E-state index contributed by atoms with van der Waals surface area (Å²) in [7, 11) is 0. The van der Waals surface area contributed by atoms with Crippen molar-refractivity contribution in [2.24, 2.45) is 0 Å². The lowest BCUT2D eigenvalue weighted by molar-refractivity contribution is -0.120. The summed E-state index contributed by atoms with van der Waals surface area (Å²) in [6.45, 7) is 0.580. The van der Waals surface area contributed by atoms with Crippen LogP contribution in [-0.2, 0) is 11.2 Å². The second-order valence-corrected chi connectivity index (χ2v) is 5.50. The van der Waals surface area contributed by atoms with Crippen LogP contribution in [0.5, 0.6) is 0 Å². The Labute approximate surface area is 124 Å². The van der Waals surface area contributed by atoms with Crippen molar-refractivity contribution < 1.29 is 4.79 Å². The highest BCUT2D eigenvalue weighted by Crippen LogP contribution is 2.11. The summed E-state index contributed by atoms with van der Waals surface area (Å²) in [5, 5.41) is 13.9. The van der Waals surface area contributed by atoms with Gasteiger partial charge in [-0.25, -0.2) is 4.98 Å². The second-order valence-electron chi connectivity index (χ2n) is 4.38. The number of thioether (sulfide) groups is 1. The van der Waals surface area contributed by atoms with E-state index in [-0.39, 0.29) is 12.3 Å². The maximum absolute atomic E-state index is 11.8. The highest BCUT2D eigenvalue weighted by Gasteiger charge is 2.07. The Hall–Kier alpha value is -2.35. The number of hydrogen-bond donors (Lipinski definition) is 3. The molecule has 7 nitrogen and oxygen atoms in total. The van der Waals surface area contributed by atoms with Crippen LogP contribution in [-0.4, -0.2) is 43.6 Å². The van der Waals surface area contributed by atoms with Crippen molar-refractivity contribution in [1.29, 1.82) is 0 Å². The number of imidazole rings is 1. The molecule has 1 amide bonds. The molecule has 0 atom stereocenters. The summed E-state index contributed by atoms with van der Waals surface area (Å²) < 4.78 is 0. The fourth-order valence-electron chi connectivity index (χ4n) is 1.91.